The molecule has 0 spiro atoms. The number of rotatable bonds is 5. The van der Waals surface area contributed by atoms with E-state index in [-0.39, 0.29) is 12.6 Å². The Bertz CT molecular complexity index is 912. The maximum Gasteiger partial charge on any atom is 0.338 e. The second-order valence-corrected chi connectivity index (χ2v) is 6.79. The molecule has 1 atom stereocenters. The van der Waals surface area contributed by atoms with Crippen LogP contribution in [0.15, 0.2) is 53.7 Å². The molecule has 0 bridgehead atoms. The zero-order valence-electron chi connectivity index (χ0n) is 16.5. The highest BCUT2D eigenvalue weighted by atomic mass is 16.5. The summed E-state index contributed by atoms with van der Waals surface area (Å²) in [4.78, 5) is 24.3. The van der Waals surface area contributed by atoms with Crippen molar-refractivity contribution in [3.8, 4) is 11.5 Å². The third-order valence-corrected chi connectivity index (χ3v) is 4.41. The van der Waals surface area contributed by atoms with Gasteiger partial charge in [0.25, 0.3) is 0 Å². The topological polar surface area (TPSA) is 76.7 Å². The molecule has 2 aromatic carbocycles. The maximum absolute atomic E-state index is 12.4. The van der Waals surface area contributed by atoms with E-state index in [1.807, 2.05) is 50.2 Å². The van der Waals surface area contributed by atoms with Crippen LogP contribution in [-0.4, -0.2) is 18.6 Å². The first-order valence-corrected chi connectivity index (χ1v) is 9.19. The third kappa shape index (κ3) is 4.34. The monoisotopic (exact) mass is 380 g/mol. The smallest absolute Gasteiger partial charge is 0.338 e. The largest absolute Gasteiger partial charge is 0.463 e. The number of ether oxygens (including phenoxy) is 2. The van der Waals surface area contributed by atoms with E-state index in [2.05, 4.69) is 16.7 Å². The highest BCUT2D eigenvalue weighted by molar-refractivity contribution is 5.95. The Morgan fingerprint density at radius 1 is 1.00 bits per heavy atom. The predicted molar refractivity (Wildman–Crippen MR) is 106 cm³/mol. The lowest BCUT2D eigenvalue weighted by Gasteiger charge is -2.28. The molecule has 146 valence electrons. The molecule has 6 nitrogen and oxygen atoms in total. The van der Waals surface area contributed by atoms with Crippen molar-refractivity contribution in [2.45, 2.75) is 33.7 Å². The molecule has 0 saturated carbocycles. The summed E-state index contributed by atoms with van der Waals surface area (Å²) >= 11 is 0. The molecule has 1 aliphatic heterocycles. The second-order valence-electron chi connectivity index (χ2n) is 6.79. The number of carbonyl (C=O) groups excluding carboxylic acids is 2. The van der Waals surface area contributed by atoms with Gasteiger partial charge < -0.3 is 20.1 Å². The van der Waals surface area contributed by atoms with Gasteiger partial charge >= 0.3 is 12.0 Å². The summed E-state index contributed by atoms with van der Waals surface area (Å²) in [5.74, 6) is 0.990. The fraction of sp³-hybridized carbons (Fsp3) is 0.273. The molecular weight excluding hydrogens is 356 g/mol. The molecule has 2 amide bonds. The zero-order valence-corrected chi connectivity index (χ0v) is 16.5. The fourth-order valence-corrected chi connectivity index (χ4v) is 3.28. The van der Waals surface area contributed by atoms with Crippen molar-refractivity contribution in [2.24, 2.45) is 0 Å². The minimum absolute atomic E-state index is 0.263. The van der Waals surface area contributed by atoms with E-state index in [0.717, 1.165) is 22.4 Å². The summed E-state index contributed by atoms with van der Waals surface area (Å²) in [6.45, 7) is 7.74. The van der Waals surface area contributed by atoms with E-state index in [1.54, 1.807) is 13.8 Å². The molecule has 0 fully saturated rings. The van der Waals surface area contributed by atoms with Gasteiger partial charge in [-0.15, -0.1) is 0 Å². The Hall–Kier alpha value is -3.28. The Morgan fingerprint density at radius 3 is 2.25 bits per heavy atom. The first-order valence-electron chi connectivity index (χ1n) is 9.19. The molecule has 0 radical (unpaired) electrons. The van der Waals surface area contributed by atoms with Crippen LogP contribution < -0.4 is 15.4 Å². The van der Waals surface area contributed by atoms with Crippen molar-refractivity contribution in [1.29, 1.82) is 0 Å². The number of carbonyl (C=O) groups is 2. The van der Waals surface area contributed by atoms with Gasteiger partial charge in [0, 0.05) is 5.70 Å². The number of hydrogen-bond donors (Lipinski definition) is 2. The summed E-state index contributed by atoms with van der Waals surface area (Å²) in [6, 6.07) is 12.4. The SMILES string of the molecule is CCOC(=O)C1=C(C)NC(=O)NC1c1ccc(Oc2cc(C)cc(C)c2)cc1. The van der Waals surface area contributed by atoms with Gasteiger partial charge in [-0.3, -0.25) is 0 Å². The number of amides is 2. The number of hydrogen-bond acceptors (Lipinski definition) is 4. The first kappa shape index (κ1) is 19.5. The van der Waals surface area contributed by atoms with Crippen LogP contribution in [0.5, 0.6) is 11.5 Å². The molecule has 0 saturated heterocycles. The van der Waals surface area contributed by atoms with Gasteiger partial charge in [-0.05, 0) is 68.7 Å². The number of urea groups is 1. The molecule has 2 N–H and O–H groups in total. The number of nitrogens with one attached hydrogen (secondary N) is 2. The lowest BCUT2D eigenvalue weighted by atomic mass is 9.95. The first-order chi connectivity index (χ1) is 13.4. The van der Waals surface area contributed by atoms with Gasteiger partial charge in [-0.1, -0.05) is 18.2 Å². The van der Waals surface area contributed by atoms with Gasteiger partial charge in [0.2, 0.25) is 0 Å². The molecule has 6 heteroatoms. The highest BCUT2D eigenvalue weighted by Crippen LogP contribution is 2.30. The second kappa shape index (κ2) is 8.17. The van der Waals surface area contributed by atoms with Crippen molar-refractivity contribution >= 4 is 12.0 Å². The van der Waals surface area contributed by atoms with Crippen LogP contribution in [0.3, 0.4) is 0 Å². The Labute approximate surface area is 164 Å². The maximum atomic E-state index is 12.4. The van der Waals surface area contributed by atoms with Gasteiger partial charge in [-0.2, -0.15) is 0 Å². The van der Waals surface area contributed by atoms with Crippen LogP contribution in [0.1, 0.15) is 36.6 Å². The van der Waals surface area contributed by atoms with Crippen molar-refractivity contribution < 1.29 is 19.1 Å². The normalized spacial score (nSPS) is 16.3. The fourth-order valence-electron chi connectivity index (χ4n) is 3.28. The summed E-state index contributed by atoms with van der Waals surface area (Å²) in [7, 11) is 0. The minimum Gasteiger partial charge on any atom is -0.463 e. The number of benzene rings is 2. The van der Waals surface area contributed by atoms with Crippen LogP contribution >= 0.6 is 0 Å². The Morgan fingerprint density at radius 2 is 1.64 bits per heavy atom. The quantitative estimate of drug-likeness (QED) is 0.759. The van der Waals surface area contributed by atoms with Crippen molar-refractivity contribution in [3.05, 3.63) is 70.4 Å². The lowest BCUT2D eigenvalue weighted by molar-refractivity contribution is -0.139. The van der Waals surface area contributed by atoms with Crippen molar-refractivity contribution in [3.63, 3.8) is 0 Å². The van der Waals surface area contributed by atoms with E-state index in [9.17, 15) is 9.59 Å². The van der Waals surface area contributed by atoms with Gasteiger partial charge in [0.1, 0.15) is 11.5 Å². The molecule has 1 heterocycles. The van der Waals surface area contributed by atoms with E-state index in [0.29, 0.717) is 17.0 Å². The van der Waals surface area contributed by atoms with Crippen molar-refractivity contribution in [1.82, 2.24) is 10.6 Å². The van der Waals surface area contributed by atoms with E-state index in [4.69, 9.17) is 9.47 Å². The van der Waals surface area contributed by atoms with Gasteiger partial charge in [0.15, 0.2) is 0 Å². The van der Waals surface area contributed by atoms with Crippen molar-refractivity contribution in [2.75, 3.05) is 6.61 Å². The molecular formula is C22H24N2O4. The molecule has 28 heavy (non-hydrogen) atoms. The van der Waals surface area contributed by atoms with Crippen LogP contribution in [0.25, 0.3) is 0 Å². The van der Waals surface area contributed by atoms with Gasteiger partial charge in [-0.25, -0.2) is 9.59 Å². The summed E-state index contributed by atoms with van der Waals surface area (Å²) in [6.07, 6.45) is 0. The molecule has 1 aliphatic rings. The third-order valence-electron chi connectivity index (χ3n) is 4.41. The number of esters is 1. The average molecular weight is 380 g/mol. The average Bonchev–Trinajstić information content (AvgIpc) is 2.61. The van der Waals surface area contributed by atoms with Crippen LogP contribution in [-0.2, 0) is 9.53 Å². The summed E-state index contributed by atoms with van der Waals surface area (Å²) in [5, 5.41) is 5.41. The Kier molecular flexibility index (Phi) is 5.68. The standard InChI is InChI=1S/C22H24N2O4/c1-5-27-21(25)19-15(4)23-22(26)24-20(19)16-6-8-17(9-7-16)28-18-11-13(2)10-14(3)12-18/h6-12,20H,5H2,1-4H3,(H2,23,24,26). The Balaban J connectivity index is 1.85. The summed E-state index contributed by atoms with van der Waals surface area (Å²) < 4.78 is 11.1. The molecule has 0 aliphatic carbocycles. The van der Waals surface area contributed by atoms with Gasteiger partial charge in [0.05, 0.1) is 18.2 Å². The molecule has 2 aromatic rings. The number of allylic oxidation sites excluding steroid dienone is 1. The van der Waals surface area contributed by atoms with E-state index in [1.165, 1.54) is 0 Å². The van der Waals surface area contributed by atoms with E-state index >= 15 is 0 Å². The minimum atomic E-state index is -0.580. The van der Waals surface area contributed by atoms with Crippen LogP contribution in [0.4, 0.5) is 4.79 Å². The predicted octanol–water partition coefficient (Wildman–Crippen LogP) is 4.29. The van der Waals surface area contributed by atoms with Crippen LogP contribution in [0, 0.1) is 13.8 Å². The zero-order chi connectivity index (χ0) is 20.3. The lowest BCUT2D eigenvalue weighted by Crippen LogP contribution is -2.45. The van der Waals surface area contributed by atoms with E-state index < -0.39 is 12.0 Å². The van der Waals surface area contributed by atoms with Crippen LogP contribution in [0.2, 0.25) is 0 Å². The molecule has 1 unspecified atom stereocenters. The molecule has 0 aromatic heterocycles. The highest BCUT2D eigenvalue weighted by Gasteiger charge is 2.32. The number of aryl methyl sites for hydroxylation is 2. The molecule has 3 rings (SSSR count). The summed E-state index contributed by atoms with van der Waals surface area (Å²) in [5.41, 5.74) is 3.91.